The molecule has 1 aliphatic rings. The van der Waals surface area contributed by atoms with Crippen LogP contribution < -0.4 is 0 Å². The quantitative estimate of drug-likeness (QED) is 0.580. The molecule has 0 aliphatic carbocycles. The number of ketones is 1. The van der Waals surface area contributed by atoms with Crippen LogP contribution in [-0.4, -0.2) is 19.8 Å². The molecule has 2 nitrogen and oxygen atoms in total. The standard InChI is InChI=1S/C20H20O2S2/c1-15-13-20(24(22)14-16(15)2,23-18-11-7-4-8-12-18)19(21)17-9-5-3-6-10-17/h3-12H,13-14H2,1-2H3. The summed E-state index contributed by atoms with van der Waals surface area (Å²) in [4.78, 5) is 14.3. The number of hydrogen-bond acceptors (Lipinski definition) is 3. The summed E-state index contributed by atoms with van der Waals surface area (Å²) in [6, 6.07) is 19.0. The summed E-state index contributed by atoms with van der Waals surface area (Å²) in [5, 5.41) is 0. The minimum atomic E-state index is -1.26. The first-order valence-corrected chi connectivity index (χ1v) is 10.0. The van der Waals surface area contributed by atoms with Crippen molar-refractivity contribution in [2.24, 2.45) is 0 Å². The number of rotatable bonds is 4. The fourth-order valence-corrected chi connectivity index (χ4v) is 6.40. The van der Waals surface area contributed by atoms with E-state index in [1.807, 2.05) is 74.5 Å². The molecule has 124 valence electrons. The van der Waals surface area contributed by atoms with Crippen molar-refractivity contribution >= 4 is 28.3 Å². The van der Waals surface area contributed by atoms with Crippen LogP contribution in [0.15, 0.2) is 76.7 Å². The zero-order valence-corrected chi connectivity index (χ0v) is 15.5. The van der Waals surface area contributed by atoms with Gasteiger partial charge in [-0.2, -0.15) is 0 Å². The van der Waals surface area contributed by atoms with E-state index < -0.39 is 14.9 Å². The van der Waals surface area contributed by atoms with Gasteiger partial charge in [-0.25, -0.2) is 0 Å². The Morgan fingerprint density at radius 2 is 1.54 bits per heavy atom. The molecule has 1 aliphatic heterocycles. The Hall–Kier alpha value is -1.65. The van der Waals surface area contributed by atoms with Gasteiger partial charge in [0, 0.05) is 22.6 Å². The van der Waals surface area contributed by atoms with Crippen LogP contribution in [0.25, 0.3) is 0 Å². The fraction of sp³-hybridized carbons (Fsp3) is 0.250. The number of Topliss-reactive ketones (excluding diaryl/α,β-unsaturated/α-hetero) is 1. The van der Waals surface area contributed by atoms with Gasteiger partial charge in [-0.15, -0.1) is 0 Å². The Bertz CT molecular complexity index is 797. The van der Waals surface area contributed by atoms with Crippen LogP contribution in [0.5, 0.6) is 0 Å². The summed E-state index contributed by atoms with van der Waals surface area (Å²) in [7, 11) is -1.26. The molecule has 0 N–H and O–H groups in total. The molecular weight excluding hydrogens is 336 g/mol. The molecule has 0 spiro atoms. The summed E-state index contributed by atoms with van der Waals surface area (Å²) >= 11 is 1.44. The van der Waals surface area contributed by atoms with Crippen molar-refractivity contribution < 1.29 is 9.00 Å². The topological polar surface area (TPSA) is 34.1 Å². The van der Waals surface area contributed by atoms with Crippen molar-refractivity contribution in [3.8, 4) is 0 Å². The Morgan fingerprint density at radius 3 is 2.17 bits per heavy atom. The molecule has 0 amide bonds. The second kappa shape index (κ2) is 7.08. The molecular formula is C20H20O2S2. The molecule has 4 heteroatoms. The largest absolute Gasteiger partial charge is 0.291 e. The minimum absolute atomic E-state index is 0.0397. The SMILES string of the molecule is CC1=C(C)CC(Sc2ccccc2)(C(=O)c2ccccc2)S(=O)C1. The third-order valence-electron chi connectivity index (χ3n) is 4.35. The Morgan fingerprint density at radius 1 is 0.958 bits per heavy atom. The summed E-state index contributed by atoms with van der Waals surface area (Å²) in [5.41, 5.74) is 2.93. The van der Waals surface area contributed by atoms with Gasteiger partial charge < -0.3 is 0 Å². The van der Waals surface area contributed by atoms with Gasteiger partial charge in [0.05, 0.1) is 10.8 Å². The Labute approximate surface area is 149 Å². The fourth-order valence-electron chi connectivity index (χ4n) is 2.82. The van der Waals surface area contributed by atoms with E-state index in [0.29, 0.717) is 17.7 Å². The van der Waals surface area contributed by atoms with Crippen molar-refractivity contribution in [2.75, 3.05) is 5.75 Å². The van der Waals surface area contributed by atoms with Gasteiger partial charge in [-0.1, -0.05) is 71.4 Å². The number of allylic oxidation sites excluding steroid dienone is 1. The molecule has 1 heterocycles. The van der Waals surface area contributed by atoms with Gasteiger partial charge in [0.25, 0.3) is 0 Å². The van der Waals surface area contributed by atoms with E-state index in [2.05, 4.69) is 0 Å². The predicted octanol–water partition coefficient (Wildman–Crippen LogP) is 4.85. The van der Waals surface area contributed by atoms with E-state index in [1.165, 1.54) is 17.3 Å². The van der Waals surface area contributed by atoms with Crippen LogP contribution in [0, 0.1) is 0 Å². The van der Waals surface area contributed by atoms with Crippen LogP contribution in [0.4, 0.5) is 0 Å². The Balaban J connectivity index is 2.08. The van der Waals surface area contributed by atoms with E-state index in [9.17, 15) is 9.00 Å². The lowest BCUT2D eigenvalue weighted by molar-refractivity contribution is 0.0976. The number of carbonyl (C=O) groups is 1. The maximum absolute atomic E-state index is 13.4. The third kappa shape index (κ3) is 3.26. The molecule has 0 aromatic heterocycles. The first kappa shape index (κ1) is 17.2. The van der Waals surface area contributed by atoms with Crippen molar-refractivity contribution in [3.63, 3.8) is 0 Å². The van der Waals surface area contributed by atoms with Crippen LogP contribution in [0.2, 0.25) is 0 Å². The average Bonchev–Trinajstić information content (AvgIpc) is 2.60. The van der Waals surface area contributed by atoms with Crippen LogP contribution in [0.3, 0.4) is 0 Å². The smallest absolute Gasteiger partial charge is 0.192 e. The minimum Gasteiger partial charge on any atom is -0.291 e. The van der Waals surface area contributed by atoms with Gasteiger partial charge in [0.2, 0.25) is 0 Å². The van der Waals surface area contributed by atoms with Crippen LogP contribution in [0.1, 0.15) is 30.6 Å². The maximum atomic E-state index is 13.4. The monoisotopic (exact) mass is 356 g/mol. The van der Waals surface area contributed by atoms with E-state index in [1.54, 1.807) is 0 Å². The maximum Gasteiger partial charge on any atom is 0.192 e. The molecule has 0 radical (unpaired) electrons. The number of hydrogen-bond donors (Lipinski definition) is 0. The molecule has 2 aromatic rings. The molecule has 0 saturated heterocycles. The molecule has 2 atom stereocenters. The summed E-state index contributed by atoms with van der Waals surface area (Å²) in [6.45, 7) is 4.06. The lowest BCUT2D eigenvalue weighted by Gasteiger charge is -2.35. The summed E-state index contributed by atoms with van der Waals surface area (Å²) in [6.07, 6.45) is 0.527. The highest BCUT2D eigenvalue weighted by atomic mass is 32.2. The highest BCUT2D eigenvalue weighted by Gasteiger charge is 2.48. The van der Waals surface area contributed by atoms with E-state index in [4.69, 9.17) is 0 Å². The van der Waals surface area contributed by atoms with Gasteiger partial charge >= 0.3 is 0 Å². The normalized spacial score (nSPS) is 24.0. The summed E-state index contributed by atoms with van der Waals surface area (Å²) in [5.74, 6) is 0.423. The van der Waals surface area contributed by atoms with Crippen molar-refractivity contribution in [2.45, 2.75) is 29.2 Å². The van der Waals surface area contributed by atoms with Crippen LogP contribution in [-0.2, 0) is 10.8 Å². The Kier molecular flexibility index (Phi) is 5.07. The highest BCUT2D eigenvalue weighted by molar-refractivity contribution is 8.13. The number of benzene rings is 2. The average molecular weight is 357 g/mol. The first-order valence-electron chi connectivity index (χ1n) is 7.90. The summed E-state index contributed by atoms with van der Waals surface area (Å²) < 4.78 is 12.2. The molecule has 2 aromatic carbocycles. The van der Waals surface area contributed by atoms with E-state index in [-0.39, 0.29) is 5.78 Å². The highest BCUT2D eigenvalue weighted by Crippen LogP contribution is 2.46. The van der Waals surface area contributed by atoms with Gasteiger partial charge in [-0.05, 0) is 26.0 Å². The third-order valence-corrected chi connectivity index (χ3v) is 8.09. The molecule has 2 unspecified atom stereocenters. The molecule has 0 fully saturated rings. The molecule has 0 bridgehead atoms. The predicted molar refractivity (Wildman–Crippen MR) is 102 cm³/mol. The van der Waals surface area contributed by atoms with Crippen molar-refractivity contribution in [1.82, 2.24) is 0 Å². The number of thioether (sulfide) groups is 1. The van der Waals surface area contributed by atoms with Gasteiger partial charge in [-0.3, -0.25) is 9.00 Å². The zero-order chi connectivity index (χ0) is 17.2. The van der Waals surface area contributed by atoms with Crippen LogP contribution >= 0.6 is 11.8 Å². The second-order valence-electron chi connectivity index (χ2n) is 6.09. The van der Waals surface area contributed by atoms with Crippen molar-refractivity contribution in [3.05, 3.63) is 77.4 Å². The lowest BCUT2D eigenvalue weighted by atomic mass is 9.99. The van der Waals surface area contributed by atoms with E-state index in [0.717, 1.165) is 10.5 Å². The molecule has 24 heavy (non-hydrogen) atoms. The van der Waals surface area contributed by atoms with E-state index >= 15 is 0 Å². The lowest BCUT2D eigenvalue weighted by Crippen LogP contribution is -2.44. The van der Waals surface area contributed by atoms with Gasteiger partial charge in [0.1, 0.15) is 0 Å². The molecule has 3 rings (SSSR count). The first-order chi connectivity index (χ1) is 11.5. The van der Waals surface area contributed by atoms with Crippen molar-refractivity contribution in [1.29, 1.82) is 0 Å². The second-order valence-corrected chi connectivity index (χ2v) is 9.40. The molecule has 0 saturated carbocycles. The van der Waals surface area contributed by atoms with Gasteiger partial charge in [0.15, 0.2) is 9.86 Å². The zero-order valence-electron chi connectivity index (χ0n) is 13.8. The number of carbonyl (C=O) groups excluding carboxylic acids is 1.